The molecule has 0 aliphatic carbocycles. The van der Waals surface area contributed by atoms with Crippen molar-refractivity contribution in [3.8, 4) is 0 Å². The number of furan rings is 1. The minimum Gasteiger partial charge on any atom is -0.451 e. The predicted molar refractivity (Wildman–Crippen MR) is 85.3 cm³/mol. The molecule has 1 aromatic carbocycles. The van der Waals surface area contributed by atoms with Crippen LogP contribution in [0.2, 0.25) is 5.02 Å². The van der Waals surface area contributed by atoms with Crippen LogP contribution in [0.5, 0.6) is 0 Å². The Morgan fingerprint density at radius 1 is 1.37 bits per heavy atom. The average Bonchev–Trinajstić information content (AvgIpc) is 2.77. The first kappa shape index (κ1) is 14.1. The van der Waals surface area contributed by atoms with E-state index >= 15 is 0 Å². The Balaban J connectivity index is 2.05. The van der Waals surface area contributed by atoms with Crippen molar-refractivity contribution in [1.29, 1.82) is 0 Å². The van der Waals surface area contributed by atoms with Gasteiger partial charge in [0, 0.05) is 16.8 Å². The summed E-state index contributed by atoms with van der Waals surface area (Å²) in [6.07, 6.45) is 3.05. The molecule has 0 unspecified atom stereocenters. The molecule has 2 aromatic rings. The molecule has 0 aliphatic heterocycles. The molecule has 2 rings (SSSR count). The first-order chi connectivity index (χ1) is 9.04. The number of aryl methyl sites for hydroxylation is 1. The van der Waals surface area contributed by atoms with Crippen LogP contribution in [0.3, 0.4) is 0 Å². The van der Waals surface area contributed by atoms with Gasteiger partial charge in [-0.15, -0.1) is 0 Å². The Morgan fingerprint density at radius 3 is 2.84 bits per heavy atom. The third-order valence-corrected chi connectivity index (χ3v) is 3.27. The summed E-state index contributed by atoms with van der Waals surface area (Å²) in [5, 5.41) is 3.36. The molecule has 1 heterocycles. The number of benzene rings is 1. The van der Waals surface area contributed by atoms with Crippen LogP contribution in [0.25, 0.3) is 6.08 Å². The van der Waals surface area contributed by atoms with Gasteiger partial charge < -0.3 is 9.73 Å². The van der Waals surface area contributed by atoms with Crippen molar-refractivity contribution in [3.63, 3.8) is 0 Å². The van der Waals surface area contributed by atoms with Crippen molar-refractivity contribution in [2.45, 2.75) is 6.92 Å². The third-order valence-electron chi connectivity index (χ3n) is 2.45. The first-order valence-corrected chi connectivity index (χ1v) is 7.01. The van der Waals surface area contributed by atoms with Crippen LogP contribution >= 0.6 is 34.2 Å². The minimum atomic E-state index is -0.225. The van der Waals surface area contributed by atoms with Crippen molar-refractivity contribution < 1.29 is 9.21 Å². The Morgan fingerprint density at radius 2 is 2.16 bits per heavy atom. The predicted octanol–water partition coefficient (Wildman–Crippen LogP) is 4.50. The number of hydrogen-bond acceptors (Lipinski definition) is 2. The summed E-state index contributed by atoms with van der Waals surface area (Å²) < 4.78 is 6.11. The lowest BCUT2D eigenvalue weighted by atomic mass is 10.2. The van der Waals surface area contributed by atoms with Crippen molar-refractivity contribution in [2.24, 2.45) is 0 Å². The van der Waals surface area contributed by atoms with Gasteiger partial charge in [0.15, 0.2) is 3.77 Å². The van der Waals surface area contributed by atoms with Gasteiger partial charge in [0.2, 0.25) is 5.91 Å². The van der Waals surface area contributed by atoms with Crippen LogP contribution in [0, 0.1) is 10.7 Å². The maximum Gasteiger partial charge on any atom is 0.248 e. The fourth-order valence-electron chi connectivity index (χ4n) is 1.48. The average molecular weight is 388 g/mol. The summed E-state index contributed by atoms with van der Waals surface area (Å²) in [4.78, 5) is 11.8. The van der Waals surface area contributed by atoms with Crippen molar-refractivity contribution >= 4 is 51.9 Å². The van der Waals surface area contributed by atoms with Crippen LogP contribution in [0.1, 0.15) is 11.3 Å². The standard InChI is InChI=1S/C14H11ClINO2/c1-9-2-3-10(15)8-12(9)17-14(18)7-5-11-4-6-13(16)19-11/h2-8H,1H3,(H,17,18)/b7-5+. The summed E-state index contributed by atoms with van der Waals surface area (Å²) in [6.45, 7) is 1.91. The van der Waals surface area contributed by atoms with Crippen molar-refractivity contribution in [3.05, 3.63) is 56.5 Å². The number of carbonyl (C=O) groups excluding carboxylic acids is 1. The molecule has 1 N–H and O–H groups in total. The molecule has 1 aromatic heterocycles. The Bertz CT molecular complexity index is 634. The number of nitrogens with one attached hydrogen (secondary N) is 1. The number of anilines is 1. The van der Waals surface area contributed by atoms with Crippen LogP contribution in [-0.2, 0) is 4.79 Å². The monoisotopic (exact) mass is 387 g/mol. The summed E-state index contributed by atoms with van der Waals surface area (Å²) >= 11 is 7.96. The van der Waals surface area contributed by atoms with E-state index in [1.165, 1.54) is 6.08 Å². The number of rotatable bonds is 3. The quantitative estimate of drug-likeness (QED) is 0.622. The highest BCUT2D eigenvalue weighted by atomic mass is 127. The highest BCUT2D eigenvalue weighted by Gasteiger charge is 2.03. The molecule has 1 amide bonds. The molecule has 0 fully saturated rings. The van der Waals surface area contributed by atoms with E-state index in [1.54, 1.807) is 24.3 Å². The topological polar surface area (TPSA) is 42.2 Å². The van der Waals surface area contributed by atoms with Gasteiger partial charge in [0.1, 0.15) is 5.76 Å². The van der Waals surface area contributed by atoms with Gasteiger partial charge in [-0.1, -0.05) is 17.7 Å². The van der Waals surface area contributed by atoms with E-state index in [1.807, 2.05) is 19.1 Å². The molecule has 0 spiro atoms. The van der Waals surface area contributed by atoms with Gasteiger partial charge in [-0.25, -0.2) is 0 Å². The van der Waals surface area contributed by atoms with E-state index in [2.05, 4.69) is 27.9 Å². The number of carbonyl (C=O) groups is 1. The van der Waals surface area contributed by atoms with E-state index in [9.17, 15) is 4.79 Å². The molecular weight excluding hydrogens is 377 g/mol. The second-order valence-corrected chi connectivity index (χ2v) is 5.42. The smallest absolute Gasteiger partial charge is 0.248 e. The lowest BCUT2D eigenvalue weighted by Crippen LogP contribution is -2.08. The minimum absolute atomic E-state index is 0.225. The molecule has 5 heteroatoms. The molecule has 98 valence electrons. The van der Waals surface area contributed by atoms with Crippen LogP contribution in [-0.4, -0.2) is 5.91 Å². The second kappa shape index (κ2) is 6.25. The molecular formula is C14H11ClINO2. The Kier molecular flexibility index (Phi) is 4.66. The van der Waals surface area contributed by atoms with Gasteiger partial charge in [-0.3, -0.25) is 4.79 Å². The van der Waals surface area contributed by atoms with Gasteiger partial charge in [-0.2, -0.15) is 0 Å². The molecule has 0 radical (unpaired) electrons. The van der Waals surface area contributed by atoms with E-state index < -0.39 is 0 Å². The highest BCUT2D eigenvalue weighted by Crippen LogP contribution is 2.20. The zero-order chi connectivity index (χ0) is 13.8. The molecule has 3 nitrogen and oxygen atoms in total. The van der Waals surface area contributed by atoms with Crippen LogP contribution < -0.4 is 5.32 Å². The van der Waals surface area contributed by atoms with E-state index in [0.29, 0.717) is 16.5 Å². The Hall–Kier alpha value is -1.27. The van der Waals surface area contributed by atoms with Crippen LogP contribution in [0.15, 0.2) is 40.8 Å². The molecule has 0 bridgehead atoms. The summed E-state index contributed by atoms with van der Waals surface area (Å²) in [5.41, 5.74) is 1.66. The maximum atomic E-state index is 11.8. The normalized spacial score (nSPS) is 10.9. The SMILES string of the molecule is Cc1ccc(Cl)cc1NC(=O)/C=C/c1ccc(I)o1. The zero-order valence-electron chi connectivity index (χ0n) is 10.1. The van der Waals surface area contributed by atoms with Crippen LogP contribution in [0.4, 0.5) is 5.69 Å². The first-order valence-electron chi connectivity index (χ1n) is 5.55. The molecule has 0 saturated carbocycles. The maximum absolute atomic E-state index is 11.8. The van der Waals surface area contributed by atoms with Crippen molar-refractivity contribution in [1.82, 2.24) is 0 Å². The van der Waals surface area contributed by atoms with E-state index in [4.69, 9.17) is 16.0 Å². The van der Waals surface area contributed by atoms with Gasteiger partial charge >= 0.3 is 0 Å². The van der Waals surface area contributed by atoms with Gasteiger partial charge in [0.25, 0.3) is 0 Å². The highest BCUT2D eigenvalue weighted by molar-refractivity contribution is 14.1. The number of amides is 1. The fraction of sp³-hybridized carbons (Fsp3) is 0.0714. The molecule has 0 atom stereocenters. The molecule has 19 heavy (non-hydrogen) atoms. The molecule has 0 aliphatic rings. The van der Waals surface area contributed by atoms with Gasteiger partial charge in [-0.05, 0) is 65.4 Å². The lowest BCUT2D eigenvalue weighted by molar-refractivity contribution is -0.111. The van der Waals surface area contributed by atoms with E-state index in [-0.39, 0.29) is 5.91 Å². The summed E-state index contributed by atoms with van der Waals surface area (Å²) in [6, 6.07) is 9.00. The Labute approximate surface area is 129 Å². The third kappa shape index (κ3) is 4.11. The second-order valence-electron chi connectivity index (χ2n) is 3.92. The van der Waals surface area contributed by atoms with E-state index in [0.717, 1.165) is 9.33 Å². The number of halogens is 2. The largest absolute Gasteiger partial charge is 0.451 e. The molecule has 0 saturated heterocycles. The number of hydrogen-bond donors (Lipinski definition) is 1. The van der Waals surface area contributed by atoms with Crippen molar-refractivity contribution in [2.75, 3.05) is 5.32 Å². The summed E-state index contributed by atoms with van der Waals surface area (Å²) in [7, 11) is 0. The summed E-state index contributed by atoms with van der Waals surface area (Å²) in [5.74, 6) is 0.416. The fourth-order valence-corrected chi connectivity index (χ4v) is 2.09. The lowest BCUT2D eigenvalue weighted by Gasteiger charge is -2.06. The zero-order valence-corrected chi connectivity index (χ0v) is 13.0. The van der Waals surface area contributed by atoms with Gasteiger partial charge in [0.05, 0.1) is 0 Å².